The minimum atomic E-state index is -0.0304. The van der Waals surface area contributed by atoms with Crippen molar-refractivity contribution in [3.05, 3.63) is 81.5 Å². The molecular weight excluding hydrogens is 376 g/mol. The van der Waals surface area contributed by atoms with Crippen molar-refractivity contribution >= 4 is 11.6 Å². The molecule has 0 aliphatic heterocycles. The quantitative estimate of drug-likeness (QED) is 0.616. The molecule has 30 heavy (non-hydrogen) atoms. The number of amides is 1. The Morgan fingerprint density at radius 2 is 1.83 bits per heavy atom. The van der Waals surface area contributed by atoms with Crippen LogP contribution in [0.5, 0.6) is 0 Å². The second-order valence-electron chi connectivity index (χ2n) is 8.14. The molecule has 0 unspecified atom stereocenters. The van der Waals surface area contributed by atoms with Gasteiger partial charge in [-0.1, -0.05) is 32.0 Å². The summed E-state index contributed by atoms with van der Waals surface area (Å²) in [6.07, 6.45) is 2.86. The standard InChI is InChI=1S/C24H30N4O2/c1-17(2)15-28-19(4)22(18(3)26-28)12-13-23(29)25-21-10-8-20(9-11-21)16-27-14-6-5-7-24(27)30/h5-11,14,17H,12-13,15-16H2,1-4H3,(H,25,29). The third kappa shape index (κ3) is 5.47. The van der Waals surface area contributed by atoms with Crippen molar-refractivity contribution in [3.63, 3.8) is 0 Å². The molecule has 6 nitrogen and oxygen atoms in total. The lowest BCUT2D eigenvalue weighted by molar-refractivity contribution is -0.116. The number of rotatable bonds is 8. The molecule has 0 radical (unpaired) electrons. The zero-order valence-electron chi connectivity index (χ0n) is 18.2. The van der Waals surface area contributed by atoms with E-state index < -0.39 is 0 Å². The first-order valence-corrected chi connectivity index (χ1v) is 10.4. The smallest absolute Gasteiger partial charge is 0.250 e. The van der Waals surface area contributed by atoms with Crippen molar-refractivity contribution in [2.75, 3.05) is 5.32 Å². The van der Waals surface area contributed by atoms with Crippen LogP contribution in [-0.2, 0) is 24.3 Å². The maximum Gasteiger partial charge on any atom is 0.250 e. The van der Waals surface area contributed by atoms with Crippen LogP contribution in [0.3, 0.4) is 0 Å². The van der Waals surface area contributed by atoms with Gasteiger partial charge in [0.25, 0.3) is 5.56 Å². The first-order valence-electron chi connectivity index (χ1n) is 10.4. The molecule has 2 aromatic heterocycles. The maximum atomic E-state index is 12.4. The van der Waals surface area contributed by atoms with Gasteiger partial charge in [0.15, 0.2) is 0 Å². The van der Waals surface area contributed by atoms with Crippen LogP contribution < -0.4 is 10.9 Å². The van der Waals surface area contributed by atoms with E-state index in [0.717, 1.165) is 34.7 Å². The van der Waals surface area contributed by atoms with Crippen LogP contribution in [0.1, 0.15) is 42.8 Å². The SMILES string of the molecule is Cc1nn(CC(C)C)c(C)c1CCC(=O)Nc1ccc(Cn2ccccc2=O)cc1. The predicted octanol–water partition coefficient (Wildman–Crippen LogP) is 3.94. The number of carbonyl (C=O) groups is 1. The zero-order valence-corrected chi connectivity index (χ0v) is 18.2. The van der Waals surface area contributed by atoms with E-state index >= 15 is 0 Å². The number of hydrogen-bond donors (Lipinski definition) is 1. The summed E-state index contributed by atoms with van der Waals surface area (Å²) in [6.45, 7) is 9.83. The van der Waals surface area contributed by atoms with Crippen molar-refractivity contribution in [2.45, 2.75) is 53.6 Å². The highest BCUT2D eigenvalue weighted by atomic mass is 16.1. The molecule has 2 heterocycles. The van der Waals surface area contributed by atoms with Crippen LogP contribution in [0.15, 0.2) is 53.5 Å². The molecule has 1 aromatic carbocycles. The molecule has 0 saturated carbocycles. The molecule has 0 spiro atoms. The molecule has 0 fully saturated rings. The Morgan fingerprint density at radius 1 is 1.10 bits per heavy atom. The predicted molar refractivity (Wildman–Crippen MR) is 120 cm³/mol. The Balaban J connectivity index is 1.56. The van der Waals surface area contributed by atoms with Gasteiger partial charge in [-0.15, -0.1) is 0 Å². The number of nitrogens with one attached hydrogen (secondary N) is 1. The molecule has 3 rings (SSSR count). The van der Waals surface area contributed by atoms with Gasteiger partial charge in [-0.3, -0.25) is 14.3 Å². The van der Waals surface area contributed by atoms with Crippen molar-refractivity contribution in [3.8, 4) is 0 Å². The van der Waals surface area contributed by atoms with Crippen LogP contribution in [0.4, 0.5) is 5.69 Å². The van der Waals surface area contributed by atoms with E-state index in [0.29, 0.717) is 25.3 Å². The monoisotopic (exact) mass is 406 g/mol. The second-order valence-corrected chi connectivity index (χ2v) is 8.14. The van der Waals surface area contributed by atoms with E-state index in [9.17, 15) is 9.59 Å². The normalized spacial score (nSPS) is 11.1. The number of pyridine rings is 1. The molecular formula is C24H30N4O2. The topological polar surface area (TPSA) is 68.9 Å². The maximum absolute atomic E-state index is 12.4. The van der Waals surface area contributed by atoms with Gasteiger partial charge in [-0.25, -0.2) is 0 Å². The summed E-state index contributed by atoms with van der Waals surface area (Å²) in [5, 5.41) is 7.58. The largest absolute Gasteiger partial charge is 0.326 e. The molecule has 0 aliphatic carbocycles. The Kier molecular flexibility index (Phi) is 6.87. The van der Waals surface area contributed by atoms with Crippen molar-refractivity contribution in [1.82, 2.24) is 14.3 Å². The average molecular weight is 407 g/mol. The number of benzene rings is 1. The van der Waals surface area contributed by atoms with E-state index in [1.54, 1.807) is 22.9 Å². The Morgan fingerprint density at radius 3 is 2.50 bits per heavy atom. The molecule has 1 amide bonds. The van der Waals surface area contributed by atoms with E-state index in [4.69, 9.17) is 0 Å². The van der Waals surface area contributed by atoms with Gasteiger partial charge < -0.3 is 9.88 Å². The fourth-order valence-electron chi connectivity index (χ4n) is 3.56. The number of aryl methyl sites for hydroxylation is 1. The van der Waals surface area contributed by atoms with Crippen LogP contribution in [0.2, 0.25) is 0 Å². The summed E-state index contributed by atoms with van der Waals surface area (Å²) in [7, 11) is 0. The Bertz CT molecular complexity index is 1060. The number of carbonyl (C=O) groups excluding carboxylic acids is 1. The summed E-state index contributed by atoms with van der Waals surface area (Å²) in [5.41, 5.74) is 5.04. The first-order chi connectivity index (χ1) is 14.3. The number of nitrogens with zero attached hydrogens (tertiary/aromatic N) is 3. The molecule has 0 saturated heterocycles. The molecule has 1 N–H and O–H groups in total. The van der Waals surface area contributed by atoms with E-state index in [1.807, 2.05) is 41.9 Å². The molecule has 6 heteroatoms. The summed E-state index contributed by atoms with van der Waals surface area (Å²) in [6, 6.07) is 12.7. The van der Waals surface area contributed by atoms with Gasteiger partial charge >= 0.3 is 0 Å². The fraction of sp³-hybridized carbons (Fsp3) is 0.375. The molecule has 158 valence electrons. The first kappa shape index (κ1) is 21.6. The summed E-state index contributed by atoms with van der Waals surface area (Å²) in [5.74, 6) is 0.514. The van der Waals surface area contributed by atoms with E-state index in [2.05, 4.69) is 31.2 Å². The van der Waals surface area contributed by atoms with Crippen LogP contribution in [-0.4, -0.2) is 20.3 Å². The average Bonchev–Trinajstić information content (AvgIpc) is 2.96. The Hall–Kier alpha value is -3.15. The highest BCUT2D eigenvalue weighted by molar-refractivity contribution is 5.90. The third-order valence-corrected chi connectivity index (χ3v) is 5.16. The number of hydrogen-bond acceptors (Lipinski definition) is 3. The van der Waals surface area contributed by atoms with Crippen molar-refractivity contribution in [1.29, 1.82) is 0 Å². The van der Waals surface area contributed by atoms with Gasteiger partial charge in [0, 0.05) is 36.6 Å². The molecule has 0 bridgehead atoms. The second kappa shape index (κ2) is 9.57. The highest BCUT2D eigenvalue weighted by Gasteiger charge is 2.14. The Labute approximate surface area is 177 Å². The lowest BCUT2D eigenvalue weighted by Crippen LogP contribution is -2.18. The van der Waals surface area contributed by atoms with Crippen LogP contribution in [0, 0.1) is 19.8 Å². The van der Waals surface area contributed by atoms with Gasteiger partial charge in [-0.2, -0.15) is 5.10 Å². The van der Waals surface area contributed by atoms with Crippen LogP contribution in [0.25, 0.3) is 0 Å². The summed E-state index contributed by atoms with van der Waals surface area (Å²) < 4.78 is 3.70. The van der Waals surface area contributed by atoms with Gasteiger partial charge in [-0.05, 0) is 55.5 Å². The summed E-state index contributed by atoms with van der Waals surface area (Å²) >= 11 is 0. The van der Waals surface area contributed by atoms with Gasteiger partial charge in [0.1, 0.15) is 0 Å². The lowest BCUT2D eigenvalue weighted by Gasteiger charge is -2.09. The van der Waals surface area contributed by atoms with Crippen molar-refractivity contribution < 1.29 is 4.79 Å². The molecule has 0 atom stereocenters. The van der Waals surface area contributed by atoms with Crippen LogP contribution >= 0.6 is 0 Å². The fourth-order valence-corrected chi connectivity index (χ4v) is 3.56. The van der Waals surface area contributed by atoms with Gasteiger partial charge in [0.2, 0.25) is 5.91 Å². The third-order valence-electron chi connectivity index (χ3n) is 5.16. The minimum absolute atomic E-state index is 0.0163. The minimum Gasteiger partial charge on any atom is -0.326 e. The molecule has 0 aliphatic rings. The lowest BCUT2D eigenvalue weighted by atomic mass is 10.1. The summed E-state index contributed by atoms with van der Waals surface area (Å²) in [4.78, 5) is 24.3. The number of aromatic nitrogens is 3. The van der Waals surface area contributed by atoms with E-state index in [1.165, 1.54) is 0 Å². The highest BCUT2D eigenvalue weighted by Crippen LogP contribution is 2.17. The van der Waals surface area contributed by atoms with E-state index in [-0.39, 0.29) is 11.5 Å². The van der Waals surface area contributed by atoms with Crippen molar-refractivity contribution in [2.24, 2.45) is 5.92 Å². The van der Waals surface area contributed by atoms with Gasteiger partial charge in [0.05, 0.1) is 12.2 Å². The number of anilines is 1. The zero-order chi connectivity index (χ0) is 21.7. The molecule has 3 aromatic rings.